The first-order chi connectivity index (χ1) is 15.3. The molecule has 0 fully saturated rings. The van der Waals surface area contributed by atoms with Gasteiger partial charge in [-0.3, -0.25) is 0 Å². The summed E-state index contributed by atoms with van der Waals surface area (Å²) in [5.41, 5.74) is -2.51. The molecule has 0 saturated heterocycles. The Hall–Kier alpha value is -2.19. The van der Waals surface area contributed by atoms with Crippen molar-refractivity contribution >= 4 is 5.97 Å². The van der Waals surface area contributed by atoms with Gasteiger partial charge in [-0.25, -0.2) is 4.79 Å². The Balaban J connectivity index is 6.25. The molecule has 0 aromatic rings. The molecule has 0 amide bonds. The van der Waals surface area contributed by atoms with Gasteiger partial charge in [-0.2, -0.15) is 87.8 Å². The average molecular weight is 586 g/mol. The van der Waals surface area contributed by atoms with E-state index in [2.05, 4.69) is 4.74 Å². The highest BCUT2D eigenvalue weighted by Crippen LogP contribution is 2.64. The van der Waals surface area contributed by atoms with Gasteiger partial charge in [0.05, 0.1) is 13.0 Å². The zero-order valence-corrected chi connectivity index (χ0v) is 16.0. The van der Waals surface area contributed by atoms with Crippen LogP contribution in [0.2, 0.25) is 0 Å². The molecule has 0 aromatic carbocycles. The fourth-order valence-corrected chi connectivity index (χ4v) is 1.83. The van der Waals surface area contributed by atoms with Gasteiger partial charge in [0, 0.05) is 0 Å². The average Bonchev–Trinajstić information content (AvgIpc) is 2.64. The van der Waals surface area contributed by atoms with Crippen molar-refractivity contribution in [2.24, 2.45) is 0 Å². The maximum atomic E-state index is 13.5. The molecule has 0 bridgehead atoms. The summed E-state index contributed by atoms with van der Waals surface area (Å²) in [6.45, 7) is -0.505. The zero-order valence-electron chi connectivity index (χ0n) is 16.0. The number of alkyl halides is 20. The molecule has 0 atom stereocenters. The largest absolute Gasteiger partial charge is 0.462 e. The number of hydrogen-bond donors (Lipinski definition) is 0. The van der Waals surface area contributed by atoms with Crippen molar-refractivity contribution in [3.05, 3.63) is 12.2 Å². The van der Waals surface area contributed by atoms with E-state index in [1.807, 2.05) is 6.58 Å². The molecule has 2 nitrogen and oxygen atoms in total. The lowest BCUT2D eigenvalue weighted by Crippen LogP contribution is -2.74. The lowest BCUT2D eigenvalue weighted by molar-refractivity contribution is -0.461. The van der Waals surface area contributed by atoms with Crippen molar-refractivity contribution in [2.75, 3.05) is 6.61 Å². The van der Waals surface area contributed by atoms with Crippen LogP contribution in [0, 0.1) is 0 Å². The third-order valence-corrected chi connectivity index (χ3v) is 4.02. The van der Waals surface area contributed by atoms with Crippen LogP contribution in [0.4, 0.5) is 87.8 Å². The zero-order chi connectivity index (χ0) is 29.8. The van der Waals surface area contributed by atoms with Gasteiger partial charge in [0.1, 0.15) is 5.57 Å². The summed E-state index contributed by atoms with van der Waals surface area (Å²) >= 11 is 0. The predicted octanol–water partition coefficient (Wildman–Crippen LogP) is 7.05. The summed E-state index contributed by atoms with van der Waals surface area (Å²) < 4.78 is 261. The van der Waals surface area contributed by atoms with E-state index >= 15 is 0 Å². The summed E-state index contributed by atoms with van der Waals surface area (Å²) in [6, 6.07) is 0. The molecule has 0 aromatic heterocycles. The van der Waals surface area contributed by atoms with Gasteiger partial charge in [-0.05, 0) is 0 Å². The first-order valence-electron chi connectivity index (χ1n) is 7.93. The Labute approximate surface area is 183 Å². The third-order valence-electron chi connectivity index (χ3n) is 4.02. The van der Waals surface area contributed by atoms with Crippen LogP contribution < -0.4 is 0 Å². The standard InChI is InChI=1S/C14H6F20O2/c1-4(7(17,18)19)5(35)36-3-2-6(15,16)8(20,21)9(22,23)10(24,25)11(26,27)12(28,29)13(30,31)14(32,33)34/h1-3H2. The molecule has 0 N–H and O–H groups in total. The second kappa shape index (κ2) is 8.98. The minimum absolute atomic E-state index is 2.00. The van der Waals surface area contributed by atoms with Crippen molar-refractivity contribution in [3.8, 4) is 0 Å². The SMILES string of the molecule is C=C(C(=O)OCCC(F)(F)C(F)(F)C(F)(F)C(F)(F)C(F)(F)C(F)(F)C(F)(F)C(F)(F)F)C(F)(F)F. The van der Waals surface area contributed by atoms with E-state index in [0.717, 1.165) is 0 Å². The molecule has 36 heavy (non-hydrogen) atoms. The third kappa shape index (κ3) is 4.99. The Morgan fingerprint density at radius 2 is 0.833 bits per heavy atom. The van der Waals surface area contributed by atoms with E-state index in [-0.39, 0.29) is 0 Å². The molecule has 0 unspecified atom stereocenters. The molecule has 0 radical (unpaired) electrons. The quantitative estimate of drug-likeness (QED) is 0.156. The van der Waals surface area contributed by atoms with Crippen LogP contribution in [0.3, 0.4) is 0 Å². The summed E-state index contributed by atoms with van der Waals surface area (Å²) in [5.74, 6) is -60.7. The van der Waals surface area contributed by atoms with Gasteiger partial charge in [-0.1, -0.05) is 6.58 Å². The minimum Gasteiger partial charge on any atom is -0.462 e. The van der Waals surface area contributed by atoms with Crippen molar-refractivity contribution in [2.45, 2.75) is 60.2 Å². The fourth-order valence-electron chi connectivity index (χ4n) is 1.83. The topological polar surface area (TPSA) is 26.3 Å². The van der Waals surface area contributed by atoms with Gasteiger partial charge in [0.15, 0.2) is 0 Å². The molecular formula is C14H6F20O2. The highest BCUT2D eigenvalue weighted by atomic mass is 19.4. The van der Waals surface area contributed by atoms with E-state index in [1.165, 1.54) is 0 Å². The number of hydrogen-bond acceptors (Lipinski definition) is 2. The van der Waals surface area contributed by atoms with Crippen LogP contribution in [0.1, 0.15) is 6.42 Å². The molecule has 22 heteroatoms. The van der Waals surface area contributed by atoms with Gasteiger partial charge in [-0.15, -0.1) is 0 Å². The molecule has 0 rings (SSSR count). The number of rotatable bonds is 10. The fraction of sp³-hybridized carbons (Fsp3) is 0.786. The minimum atomic E-state index is -8.81. The molecule has 0 saturated carbocycles. The molecule has 0 spiro atoms. The van der Waals surface area contributed by atoms with E-state index in [9.17, 15) is 92.6 Å². The second-order valence-corrected chi connectivity index (χ2v) is 6.51. The van der Waals surface area contributed by atoms with Gasteiger partial charge in [0.25, 0.3) is 0 Å². The van der Waals surface area contributed by atoms with Crippen molar-refractivity contribution in [1.82, 2.24) is 0 Å². The number of esters is 1. The monoisotopic (exact) mass is 586 g/mol. The lowest BCUT2D eigenvalue weighted by atomic mass is 9.88. The number of halogens is 20. The van der Waals surface area contributed by atoms with E-state index in [4.69, 9.17) is 0 Å². The van der Waals surface area contributed by atoms with Crippen LogP contribution in [-0.4, -0.2) is 66.4 Å². The number of ether oxygens (including phenoxy) is 1. The van der Waals surface area contributed by atoms with Gasteiger partial charge >= 0.3 is 59.8 Å². The number of carbonyl (C=O) groups excluding carboxylic acids is 1. The Bertz CT molecular complexity index is 832. The van der Waals surface area contributed by atoms with Crippen molar-refractivity contribution < 1.29 is 97.3 Å². The predicted molar refractivity (Wildman–Crippen MR) is 71.5 cm³/mol. The van der Waals surface area contributed by atoms with Gasteiger partial charge < -0.3 is 4.74 Å². The molecule has 0 aliphatic carbocycles. The van der Waals surface area contributed by atoms with Crippen molar-refractivity contribution in [1.29, 1.82) is 0 Å². The van der Waals surface area contributed by atoms with Crippen LogP contribution in [0.15, 0.2) is 12.2 Å². The first-order valence-corrected chi connectivity index (χ1v) is 7.93. The first kappa shape index (κ1) is 33.8. The second-order valence-electron chi connectivity index (χ2n) is 6.51. The maximum Gasteiger partial charge on any atom is 0.460 e. The lowest BCUT2D eigenvalue weighted by Gasteiger charge is -2.42. The molecule has 214 valence electrons. The molecular weight excluding hydrogens is 580 g/mol. The number of carbonyl (C=O) groups is 1. The maximum absolute atomic E-state index is 13.5. The van der Waals surface area contributed by atoms with Crippen LogP contribution >= 0.6 is 0 Å². The van der Waals surface area contributed by atoms with Gasteiger partial charge in [0.2, 0.25) is 0 Å². The van der Waals surface area contributed by atoms with E-state index < -0.39 is 78.4 Å². The smallest absolute Gasteiger partial charge is 0.460 e. The summed E-state index contributed by atoms with van der Waals surface area (Å²) in [7, 11) is 0. The summed E-state index contributed by atoms with van der Waals surface area (Å²) in [5, 5.41) is 0. The van der Waals surface area contributed by atoms with Crippen LogP contribution in [0.25, 0.3) is 0 Å². The Kier molecular flexibility index (Phi) is 8.43. The summed E-state index contributed by atoms with van der Waals surface area (Å²) in [4.78, 5) is 10.8. The highest BCUT2D eigenvalue weighted by molar-refractivity contribution is 5.89. The molecule has 0 aliphatic heterocycles. The van der Waals surface area contributed by atoms with E-state index in [1.54, 1.807) is 0 Å². The van der Waals surface area contributed by atoms with Crippen LogP contribution in [-0.2, 0) is 9.53 Å². The summed E-state index contributed by atoms with van der Waals surface area (Å²) in [6.07, 6.45) is -16.7. The normalized spacial score (nSPS) is 15.7. The highest BCUT2D eigenvalue weighted by Gasteiger charge is 2.95. The Morgan fingerprint density at radius 3 is 1.14 bits per heavy atom. The van der Waals surface area contributed by atoms with Crippen LogP contribution in [0.5, 0.6) is 0 Å². The van der Waals surface area contributed by atoms with E-state index in [0.29, 0.717) is 0 Å². The Morgan fingerprint density at radius 1 is 0.528 bits per heavy atom. The molecule has 0 aliphatic rings. The molecule has 0 heterocycles. The van der Waals surface area contributed by atoms with Crippen molar-refractivity contribution in [3.63, 3.8) is 0 Å².